The zero-order valence-electron chi connectivity index (χ0n) is 11.4. The van der Waals surface area contributed by atoms with Gasteiger partial charge in [0, 0.05) is 23.1 Å². The van der Waals surface area contributed by atoms with Gasteiger partial charge in [0.05, 0.1) is 0 Å². The molecule has 5 heteroatoms. The summed E-state index contributed by atoms with van der Waals surface area (Å²) >= 11 is 0. The summed E-state index contributed by atoms with van der Waals surface area (Å²) in [5.74, 6) is -1.14. The largest absolute Gasteiger partial charge is 0.508 e. The Morgan fingerprint density at radius 1 is 1.32 bits per heavy atom. The Morgan fingerprint density at radius 3 is 2.53 bits per heavy atom. The number of hydrogen-bond acceptors (Lipinski definition) is 3. The fraction of sp³-hybridized carbons (Fsp3) is 0.429. The Balaban J connectivity index is 2.79. The van der Waals surface area contributed by atoms with Crippen molar-refractivity contribution >= 4 is 11.9 Å². The second-order valence-corrected chi connectivity index (χ2v) is 5.18. The summed E-state index contributed by atoms with van der Waals surface area (Å²) in [4.78, 5) is 22.7. The van der Waals surface area contributed by atoms with Crippen LogP contribution in [0.2, 0.25) is 0 Å². The molecule has 1 aromatic carbocycles. The maximum Gasteiger partial charge on any atom is 0.303 e. The highest BCUT2D eigenvalue weighted by Crippen LogP contribution is 2.20. The van der Waals surface area contributed by atoms with Gasteiger partial charge < -0.3 is 15.5 Å². The van der Waals surface area contributed by atoms with Crippen LogP contribution in [0.5, 0.6) is 5.75 Å². The van der Waals surface area contributed by atoms with E-state index >= 15 is 0 Å². The van der Waals surface area contributed by atoms with Gasteiger partial charge in [-0.15, -0.1) is 0 Å². The van der Waals surface area contributed by atoms with Crippen LogP contribution >= 0.6 is 0 Å². The summed E-state index contributed by atoms with van der Waals surface area (Å²) in [6.45, 7) is 5.20. The average Bonchev–Trinajstić information content (AvgIpc) is 2.29. The number of carbonyl (C=O) groups excluding carboxylic acids is 1. The highest BCUT2D eigenvalue weighted by Gasteiger charge is 2.23. The second-order valence-electron chi connectivity index (χ2n) is 5.18. The fourth-order valence-corrected chi connectivity index (χ4v) is 1.73. The average molecular weight is 265 g/mol. The zero-order chi connectivity index (χ0) is 14.6. The summed E-state index contributed by atoms with van der Waals surface area (Å²) in [6.07, 6.45) is 0.332. The van der Waals surface area contributed by atoms with Crippen LogP contribution in [-0.2, 0) is 4.79 Å². The Bertz CT molecular complexity index is 494. The van der Waals surface area contributed by atoms with Gasteiger partial charge in [0.25, 0.3) is 5.91 Å². The molecule has 104 valence electrons. The van der Waals surface area contributed by atoms with Crippen molar-refractivity contribution in [2.75, 3.05) is 0 Å². The minimum absolute atomic E-state index is 0.00764. The Kier molecular flexibility index (Phi) is 4.53. The minimum atomic E-state index is -0.893. The molecule has 0 aliphatic carbocycles. The topological polar surface area (TPSA) is 86.6 Å². The van der Waals surface area contributed by atoms with Gasteiger partial charge in [-0.1, -0.05) is 6.07 Å². The Labute approximate surface area is 112 Å². The van der Waals surface area contributed by atoms with E-state index in [1.165, 1.54) is 6.07 Å². The molecule has 0 bridgehead atoms. The fourth-order valence-electron chi connectivity index (χ4n) is 1.73. The number of carboxylic acid groups (broad SMARTS) is 1. The van der Waals surface area contributed by atoms with Gasteiger partial charge in [-0.2, -0.15) is 0 Å². The van der Waals surface area contributed by atoms with Crippen LogP contribution in [0.25, 0.3) is 0 Å². The summed E-state index contributed by atoms with van der Waals surface area (Å²) in [7, 11) is 0. The number of rotatable bonds is 5. The summed E-state index contributed by atoms with van der Waals surface area (Å²) < 4.78 is 0. The molecule has 1 rings (SSSR count). The number of carbonyl (C=O) groups is 2. The number of benzene rings is 1. The van der Waals surface area contributed by atoms with Crippen molar-refractivity contribution < 1.29 is 19.8 Å². The minimum Gasteiger partial charge on any atom is -0.508 e. The van der Waals surface area contributed by atoms with Crippen molar-refractivity contribution in [3.63, 3.8) is 0 Å². The molecule has 0 aliphatic rings. The van der Waals surface area contributed by atoms with Crippen LogP contribution in [0, 0.1) is 6.92 Å². The smallest absolute Gasteiger partial charge is 0.303 e. The molecule has 0 unspecified atom stereocenters. The molecule has 0 saturated carbocycles. The van der Waals surface area contributed by atoms with E-state index in [1.54, 1.807) is 32.9 Å². The predicted octanol–water partition coefficient (Wildman–Crippen LogP) is 2.07. The van der Waals surface area contributed by atoms with E-state index < -0.39 is 11.5 Å². The maximum absolute atomic E-state index is 12.1. The van der Waals surface area contributed by atoms with Gasteiger partial charge >= 0.3 is 5.97 Å². The number of carboxylic acids is 1. The van der Waals surface area contributed by atoms with Crippen molar-refractivity contribution in [2.45, 2.75) is 39.2 Å². The van der Waals surface area contributed by atoms with Crippen molar-refractivity contribution in [3.05, 3.63) is 29.3 Å². The molecule has 0 saturated heterocycles. The molecule has 0 heterocycles. The van der Waals surface area contributed by atoms with E-state index in [1.807, 2.05) is 0 Å². The molecule has 0 spiro atoms. The zero-order valence-corrected chi connectivity index (χ0v) is 11.4. The van der Waals surface area contributed by atoms with Gasteiger partial charge in [-0.05, 0) is 39.3 Å². The first kappa shape index (κ1) is 15.0. The van der Waals surface area contributed by atoms with Crippen LogP contribution < -0.4 is 5.32 Å². The lowest BCUT2D eigenvalue weighted by Crippen LogP contribution is -2.43. The lowest BCUT2D eigenvalue weighted by molar-refractivity contribution is -0.137. The molecule has 5 nitrogen and oxygen atoms in total. The van der Waals surface area contributed by atoms with Gasteiger partial charge in [0.1, 0.15) is 5.75 Å². The van der Waals surface area contributed by atoms with Gasteiger partial charge in [0.15, 0.2) is 0 Å². The first-order valence-electron chi connectivity index (χ1n) is 6.06. The molecule has 0 fully saturated rings. The highest BCUT2D eigenvalue weighted by molar-refractivity contribution is 5.96. The van der Waals surface area contributed by atoms with Crippen molar-refractivity contribution in [2.24, 2.45) is 0 Å². The third-order valence-corrected chi connectivity index (χ3v) is 2.97. The Hall–Kier alpha value is -2.04. The third-order valence-electron chi connectivity index (χ3n) is 2.97. The standard InChI is InChI=1S/C14H19NO4/c1-9-10(5-4-6-11(9)16)13(19)15-14(2,3)8-7-12(17)18/h4-6,16H,7-8H2,1-3H3,(H,15,19)(H,17,18). The molecule has 0 aromatic heterocycles. The molecule has 1 amide bonds. The van der Waals surface area contributed by atoms with Crippen molar-refractivity contribution in [1.29, 1.82) is 0 Å². The number of phenolic OH excluding ortho intramolecular Hbond substituents is 1. The number of phenols is 1. The normalized spacial score (nSPS) is 11.1. The van der Waals surface area contributed by atoms with Crippen molar-refractivity contribution in [3.8, 4) is 5.75 Å². The lowest BCUT2D eigenvalue weighted by Gasteiger charge is -2.26. The van der Waals surface area contributed by atoms with E-state index in [4.69, 9.17) is 5.11 Å². The predicted molar refractivity (Wildman–Crippen MR) is 71.3 cm³/mol. The van der Waals surface area contributed by atoms with Crippen molar-refractivity contribution in [1.82, 2.24) is 5.32 Å². The monoisotopic (exact) mass is 265 g/mol. The number of nitrogens with one attached hydrogen (secondary N) is 1. The molecular weight excluding hydrogens is 246 g/mol. The first-order valence-corrected chi connectivity index (χ1v) is 6.06. The van der Waals surface area contributed by atoms with Crippen LogP contribution in [0.1, 0.15) is 42.6 Å². The summed E-state index contributed by atoms with van der Waals surface area (Å²) in [5.41, 5.74) is 0.283. The van der Waals surface area contributed by atoms with Crippen LogP contribution in [-0.4, -0.2) is 27.6 Å². The molecule has 1 aromatic rings. The van der Waals surface area contributed by atoms with Gasteiger partial charge in [-0.3, -0.25) is 9.59 Å². The SMILES string of the molecule is Cc1c(O)cccc1C(=O)NC(C)(C)CCC(=O)O. The van der Waals surface area contributed by atoms with E-state index in [0.29, 0.717) is 17.5 Å². The van der Waals surface area contributed by atoms with E-state index in [-0.39, 0.29) is 18.1 Å². The number of amides is 1. The van der Waals surface area contributed by atoms with Crippen LogP contribution in [0.15, 0.2) is 18.2 Å². The lowest BCUT2D eigenvalue weighted by atomic mass is 9.97. The van der Waals surface area contributed by atoms with Gasteiger partial charge in [0.2, 0.25) is 0 Å². The molecule has 0 radical (unpaired) electrons. The van der Waals surface area contributed by atoms with Crippen LogP contribution in [0.3, 0.4) is 0 Å². The summed E-state index contributed by atoms with van der Waals surface area (Å²) in [5, 5.41) is 21.0. The maximum atomic E-state index is 12.1. The number of aromatic hydroxyl groups is 1. The first-order chi connectivity index (χ1) is 8.73. The van der Waals surface area contributed by atoms with Crippen LogP contribution in [0.4, 0.5) is 0 Å². The van der Waals surface area contributed by atoms with E-state index in [0.717, 1.165) is 0 Å². The summed E-state index contributed by atoms with van der Waals surface area (Å²) in [6, 6.07) is 4.74. The quantitative estimate of drug-likeness (QED) is 0.760. The molecule has 3 N–H and O–H groups in total. The number of aliphatic carboxylic acids is 1. The molecule has 0 atom stereocenters. The van der Waals surface area contributed by atoms with E-state index in [9.17, 15) is 14.7 Å². The van der Waals surface area contributed by atoms with Gasteiger partial charge in [-0.25, -0.2) is 0 Å². The van der Waals surface area contributed by atoms with E-state index in [2.05, 4.69) is 5.32 Å². The Morgan fingerprint density at radius 2 is 1.95 bits per heavy atom. The number of hydrogen-bond donors (Lipinski definition) is 3. The molecule has 19 heavy (non-hydrogen) atoms. The molecular formula is C14H19NO4. The third kappa shape index (κ3) is 4.28. The second kappa shape index (κ2) is 5.73. The highest BCUT2D eigenvalue weighted by atomic mass is 16.4. The molecule has 0 aliphatic heterocycles.